The van der Waals surface area contributed by atoms with Crippen LogP contribution in [0.25, 0.3) is 11.3 Å². The first-order chi connectivity index (χ1) is 7.07. The second-order valence-corrected chi connectivity index (χ2v) is 4.64. The minimum absolute atomic E-state index is 0.127. The van der Waals surface area contributed by atoms with Crippen molar-refractivity contribution in [2.75, 3.05) is 0 Å². The molecule has 0 saturated heterocycles. The molecule has 0 amide bonds. The third-order valence-electron chi connectivity index (χ3n) is 2.41. The van der Waals surface area contributed by atoms with Crippen molar-refractivity contribution in [3.63, 3.8) is 0 Å². The average Bonchev–Trinajstić information content (AvgIpc) is 2.69. The zero-order chi connectivity index (χ0) is 10.9. The van der Waals surface area contributed by atoms with Gasteiger partial charge >= 0.3 is 0 Å². The summed E-state index contributed by atoms with van der Waals surface area (Å²) in [6, 6.07) is 8.02. The fourth-order valence-electron chi connectivity index (χ4n) is 1.48. The Morgan fingerprint density at radius 3 is 2.20 bits per heavy atom. The molecule has 0 fully saturated rings. The van der Waals surface area contributed by atoms with Crippen LogP contribution in [0, 0.1) is 0 Å². The maximum atomic E-state index is 5.34. The lowest BCUT2D eigenvalue weighted by atomic mass is 10.1. The molecule has 2 aromatic heterocycles. The van der Waals surface area contributed by atoms with Gasteiger partial charge < -0.3 is 4.42 Å². The normalized spacial score (nSPS) is 11.7. The molecular formula is C13H16NO+. The van der Waals surface area contributed by atoms with Crippen LogP contribution < -0.4 is 4.57 Å². The van der Waals surface area contributed by atoms with E-state index in [1.54, 1.807) is 6.26 Å². The summed E-state index contributed by atoms with van der Waals surface area (Å²) in [6.07, 6.45) is 5.86. The molecule has 0 atom stereocenters. The molecular weight excluding hydrogens is 186 g/mol. The van der Waals surface area contributed by atoms with Crippen LogP contribution in [0.4, 0.5) is 0 Å². The van der Waals surface area contributed by atoms with Crippen LogP contribution >= 0.6 is 0 Å². The number of hydrogen-bond donors (Lipinski definition) is 0. The van der Waals surface area contributed by atoms with Gasteiger partial charge in [0, 0.05) is 38.5 Å². The molecule has 0 radical (unpaired) electrons. The molecule has 0 N–H and O–H groups in total. The molecule has 2 rings (SSSR count). The Hall–Kier alpha value is -1.57. The second kappa shape index (κ2) is 3.54. The zero-order valence-electron chi connectivity index (χ0n) is 9.40. The third kappa shape index (κ3) is 2.09. The van der Waals surface area contributed by atoms with Gasteiger partial charge in [-0.25, -0.2) is 4.57 Å². The van der Waals surface area contributed by atoms with Gasteiger partial charge in [0.2, 0.25) is 0 Å². The highest BCUT2D eigenvalue weighted by Crippen LogP contribution is 2.18. The summed E-state index contributed by atoms with van der Waals surface area (Å²) in [6.45, 7) is 6.54. The molecule has 78 valence electrons. The summed E-state index contributed by atoms with van der Waals surface area (Å²) in [4.78, 5) is 0. The van der Waals surface area contributed by atoms with Crippen molar-refractivity contribution in [1.82, 2.24) is 0 Å². The monoisotopic (exact) mass is 202 g/mol. The van der Waals surface area contributed by atoms with E-state index in [4.69, 9.17) is 4.42 Å². The van der Waals surface area contributed by atoms with Gasteiger partial charge in [-0.1, -0.05) is 0 Å². The quantitative estimate of drug-likeness (QED) is 0.650. The molecule has 0 unspecified atom stereocenters. The molecule has 0 aliphatic rings. The standard InChI is InChI=1S/C13H16NO/c1-13(2,3)14-8-6-11(7-9-14)12-5-4-10-15-12/h4-10H,1-3H3/q+1. The van der Waals surface area contributed by atoms with Crippen molar-refractivity contribution in [1.29, 1.82) is 0 Å². The van der Waals surface area contributed by atoms with Gasteiger partial charge in [0.25, 0.3) is 0 Å². The van der Waals surface area contributed by atoms with Crippen LogP contribution in [0.15, 0.2) is 47.3 Å². The maximum Gasteiger partial charge on any atom is 0.169 e. The lowest BCUT2D eigenvalue weighted by molar-refractivity contribution is -0.754. The molecule has 0 aromatic carbocycles. The van der Waals surface area contributed by atoms with E-state index in [0.29, 0.717) is 0 Å². The zero-order valence-corrected chi connectivity index (χ0v) is 9.40. The first kappa shape index (κ1) is 9.97. The Kier molecular flexibility index (Phi) is 2.35. The Bertz CT molecular complexity index is 421. The van der Waals surface area contributed by atoms with E-state index >= 15 is 0 Å². The van der Waals surface area contributed by atoms with E-state index in [1.807, 2.05) is 12.1 Å². The van der Waals surface area contributed by atoms with Crippen molar-refractivity contribution in [2.24, 2.45) is 0 Å². The fourth-order valence-corrected chi connectivity index (χ4v) is 1.48. The fraction of sp³-hybridized carbons (Fsp3) is 0.308. The topological polar surface area (TPSA) is 17.0 Å². The van der Waals surface area contributed by atoms with Crippen molar-refractivity contribution in [3.8, 4) is 11.3 Å². The van der Waals surface area contributed by atoms with Gasteiger partial charge in [-0.2, -0.15) is 0 Å². The number of furan rings is 1. The van der Waals surface area contributed by atoms with Crippen molar-refractivity contribution >= 4 is 0 Å². The number of pyridine rings is 1. The van der Waals surface area contributed by atoms with E-state index in [9.17, 15) is 0 Å². The summed E-state index contributed by atoms with van der Waals surface area (Å²) in [5, 5.41) is 0. The van der Waals surface area contributed by atoms with Gasteiger partial charge in [0.1, 0.15) is 5.76 Å². The van der Waals surface area contributed by atoms with Crippen molar-refractivity contribution in [3.05, 3.63) is 42.9 Å². The van der Waals surface area contributed by atoms with Crippen LogP contribution in [-0.2, 0) is 5.54 Å². The average molecular weight is 202 g/mol. The van der Waals surface area contributed by atoms with E-state index in [0.717, 1.165) is 11.3 Å². The highest BCUT2D eigenvalue weighted by molar-refractivity contribution is 5.55. The first-order valence-corrected chi connectivity index (χ1v) is 5.13. The van der Waals surface area contributed by atoms with Gasteiger partial charge in [-0.15, -0.1) is 0 Å². The lowest BCUT2D eigenvalue weighted by Gasteiger charge is -2.12. The number of aromatic nitrogens is 1. The predicted octanol–water partition coefficient (Wildman–Crippen LogP) is 2.99. The minimum Gasteiger partial charge on any atom is -0.464 e. The maximum absolute atomic E-state index is 5.34. The van der Waals surface area contributed by atoms with Gasteiger partial charge in [-0.05, 0) is 12.1 Å². The van der Waals surface area contributed by atoms with Crippen LogP contribution in [0.5, 0.6) is 0 Å². The van der Waals surface area contributed by atoms with E-state index in [-0.39, 0.29) is 5.54 Å². The molecule has 0 saturated carbocycles. The smallest absolute Gasteiger partial charge is 0.169 e. The molecule has 2 aromatic rings. The summed E-state index contributed by atoms with van der Waals surface area (Å²) in [5.41, 5.74) is 1.24. The Labute approximate surface area is 90.2 Å². The van der Waals surface area contributed by atoms with Crippen LogP contribution in [-0.4, -0.2) is 0 Å². The van der Waals surface area contributed by atoms with Gasteiger partial charge in [0.15, 0.2) is 17.9 Å². The Balaban J connectivity index is 2.33. The largest absolute Gasteiger partial charge is 0.464 e. The predicted molar refractivity (Wildman–Crippen MR) is 59.3 cm³/mol. The summed E-state index contributed by atoms with van der Waals surface area (Å²) >= 11 is 0. The molecule has 0 bridgehead atoms. The van der Waals surface area contributed by atoms with E-state index in [2.05, 4.69) is 49.9 Å². The molecule has 0 aliphatic carbocycles. The molecule has 0 aliphatic heterocycles. The van der Waals surface area contributed by atoms with Crippen LogP contribution in [0.2, 0.25) is 0 Å². The molecule has 2 heteroatoms. The van der Waals surface area contributed by atoms with Crippen molar-refractivity contribution < 1.29 is 8.98 Å². The van der Waals surface area contributed by atoms with E-state index in [1.165, 1.54) is 0 Å². The van der Waals surface area contributed by atoms with Gasteiger partial charge in [0.05, 0.1) is 6.26 Å². The SMILES string of the molecule is CC(C)(C)[n+]1ccc(-c2ccco2)cc1. The second-order valence-electron chi connectivity index (χ2n) is 4.64. The molecule has 2 nitrogen and oxygen atoms in total. The van der Waals surface area contributed by atoms with Gasteiger partial charge in [-0.3, -0.25) is 0 Å². The number of hydrogen-bond acceptors (Lipinski definition) is 1. The van der Waals surface area contributed by atoms with Crippen LogP contribution in [0.3, 0.4) is 0 Å². The summed E-state index contributed by atoms with van der Waals surface area (Å²) in [5.74, 6) is 0.913. The highest BCUT2D eigenvalue weighted by atomic mass is 16.3. The third-order valence-corrected chi connectivity index (χ3v) is 2.41. The number of rotatable bonds is 1. The van der Waals surface area contributed by atoms with E-state index < -0.39 is 0 Å². The molecule has 0 spiro atoms. The van der Waals surface area contributed by atoms with Crippen molar-refractivity contribution in [2.45, 2.75) is 26.3 Å². The lowest BCUT2D eigenvalue weighted by Crippen LogP contribution is -2.49. The number of nitrogens with zero attached hydrogens (tertiary/aromatic N) is 1. The first-order valence-electron chi connectivity index (χ1n) is 5.13. The highest BCUT2D eigenvalue weighted by Gasteiger charge is 2.20. The summed E-state index contributed by atoms with van der Waals surface area (Å²) < 4.78 is 7.52. The Morgan fingerprint density at radius 2 is 1.73 bits per heavy atom. The van der Waals surface area contributed by atoms with Crippen LogP contribution in [0.1, 0.15) is 20.8 Å². The summed E-state index contributed by atoms with van der Waals surface area (Å²) in [7, 11) is 0. The molecule has 15 heavy (non-hydrogen) atoms. The molecule has 2 heterocycles. The minimum atomic E-state index is 0.127. The Morgan fingerprint density at radius 1 is 1.07 bits per heavy atom.